The number of unbranched alkanes of at least 4 members (excludes halogenated alkanes) is 4. The van der Waals surface area contributed by atoms with Gasteiger partial charge in [-0.1, -0.05) is 32.6 Å². The normalized spacial score (nSPS) is 11.6. The second-order valence-electron chi connectivity index (χ2n) is 5.46. The summed E-state index contributed by atoms with van der Waals surface area (Å²) in [6, 6.07) is 8.05. The van der Waals surface area contributed by atoms with Crippen molar-refractivity contribution in [3.63, 3.8) is 0 Å². The van der Waals surface area contributed by atoms with Gasteiger partial charge in [0.2, 0.25) is 5.91 Å². The molecule has 0 aromatic heterocycles. The number of hydrogen-bond acceptors (Lipinski definition) is 4. The van der Waals surface area contributed by atoms with Gasteiger partial charge in [0.25, 0.3) is 0 Å². The lowest BCUT2D eigenvalue weighted by molar-refractivity contribution is -0.116. The molecule has 0 saturated heterocycles. The van der Waals surface area contributed by atoms with Crippen molar-refractivity contribution in [1.29, 1.82) is 5.26 Å². The zero-order chi connectivity index (χ0) is 17.6. The quantitative estimate of drug-likeness (QED) is 0.378. The second kappa shape index (κ2) is 11.8. The first-order valence-electron chi connectivity index (χ1n) is 8.23. The predicted octanol–water partition coefficient (Wildman–Crippen LogP) is 4.88. The molecule has 0 radical (unpaired) electrons. The fraction of sp³-hybridized carbons (Fsp3) is 0.500. The third-order valence-electron chi connectivity index (χ3n) is 3.40. The molecular formula is C18H23N5O. The molecule has 24 heavy (non-hydrogen) atoms. The van der Waals surface area contributed by atoms with E-state index < -0.39 is 6.04 Å². The van der Waals surface area contributed by atoms with Crippen molar-refractivity contribution >= 4 is 17.3 Å². The molecule has 1 N–H and O–H groups in total. The minimum absolute atomic E-state index is 0.0230. The first-order valence-corrected chi connectivity index (χ1v) is 8.23. The number of nitrogens with zero attached hydrogens (tertiary/aromatic N) is 4. The minimum Gasteiger partial charge on any atom is -0.326 e. The summed E-state index contributed by atoms with van der Waals surface area (Å²) >= 11 is 0. The predicted molar refractivity (Wildman–Crippen MR) is 93.8 cm³/mol. The number of benzene rings is 1. The molecule has 0 spiro atoms. The van der Waals surface area contributed by atoms with Crippen molar-refractivity contribution in [1.82, 2.24) is 0 Å². The van der Waals surface area contributed by atoms with E-state index in [2.05, 4.69) is 27.3 Å². The van der Waals surface area contributed by atoms with Gasteiger partial charge in [-0.25, -0.2) is 6.57 Å². The van der Waals surface area contributed by atoms with Gasteiger partial charge in [-0.05, 0) is 30.7 Å². The van der Waals surface area contributed by atoms with Crippen LogP contribution in [0.2, 0.25) is 0 Å². The van der Waals surface area contributed by atoms with Gasteiger partial charge in [-0.2, -0.15) is 15.5 Å². The average Bonchev–Trinajstić information content (AvgIpc) is 2.60. The maximum atomic E-state index is 11.8. The maximum absolute atomic E-state index is 11.8. The molecule has 1 amide bonds. The van der Waals surface area contributed by atoms with Gasteiger partial charge in [0, 0.05) is 12.1 Å². The molecule has 1 aromatic carbocycles. The first-order chi connectivity index (χ1) is 11.7. The van der Waals surface area contributed by atoms with Gasteiger partial charge in [-0.3, -0.25) is 9.64 Å². The summed E-state index contributed by atoms with van der Waals surface area (Å²) in [5.74, 6) is 0.0230. The van der Waals surface area contributed by atoms with Crippen molar-refractivity contribution in [2.45, 2.75) is 51.5 Å². The van der Waals surface area contributed by atoms with Crippen LogP contribution in [0.15, 0.2) is 34.5 Å². The highest BCUT2D eigenvalue weighted by molar-refractivity contribution is 5.90. The van der Waals surface area contributed by atoms with E-state index >= 15 is 0 Å². The molecule has 0 aliphatic carbocycles. The lowest BCUT2D eigenvalue weighted by atomic mass is 10.1. The van der Waals surface area contributed by atoms with Crippen LogP contribution in [0.25, 0.3) is 4.85 Å². The maximum Gasteiger partial charge on any atom is 0.328 e. The summed E-state index contributed by atoms with van der Waals surface area (Å²) in [5.41, 5.74) is 1.35. The largest absolute Gasteiger partial charge is 0.328 e. The topological polar surface area (TPSA) is 82.0 Å². The Kier molecular flexibility index (Phi) is 9.49. The molecule has 6 nitrogen and oxygen atoms in total. The van der Waals surface area contributed by atoms with E-state index in [1.54, 1.807) is 24.3 Å². The Hall–Kier alpha value is -2.73. The zero-order valence-corrected chi connectivity index (χ0v) is 14.0. The number of amides is 1. The fourth-order valence-corrected chi connectivity index (χ4v) is 2.03. The highest BCUT2D eigenvalue weighted by Gasteiger charge is 2.08. The van der Waals surface area contributed by atoms with Crippen molar-refractivity contribution < 1.29 is 4.79 Å². The summed E-state index contributed by atoms with van der Waals surface area (Å²) in [6.45, 7) is 9.01. The zero-order valence-electron chi connectivity index (χ0n) is 14.0. The molecule has 0 heterocycles. The summed E-state index contributed by atoms with van der Waals surface area (Å²) in [7, 11) is 0. The minimum atomic E-state index is -0.787. The van der Waals surface area contributed by atoms with Crippen LogP contribution in [0.1, 0.15) is 45.4 Å². The molecule has 126 valence electrons. The van der Waals surface area contributed by atoms with Gasteiger partial charge in [0.1, 0.15) is 6.54 Å². The smallest absolute Gasteiger partial charge is 0.326 e. The summed E-state index contributed by atoms with van der Waals surface area (Å²) in [5, 5.41) is 19.3. The standard InChI is InChI=1S/C18H23N5O/c1-3-4-5-6-7-8-18(24)22-15-9-11-16(12-10-15)23-21-14-17(13-19)20-2/h9-12,17H,3-8,14H2,1H3,(H,22,24). The summed E-state index contributed by atoms with van der Waals surface area (Å²) in [4.78, 5) is 14.9. The summed E-state index contributed by atoms with van der Waals surface area (Å²) in [6.07, 6.45) is 6.16. The number of hydrogen-bond donors (Lipinski definition) is 1. The third kappa shape index (κ3) is 8.05. The summed E-state index contributed by atoms with van der Waals surface area (Å²) < 4.78 is 0. The van der Waals surface area contributed by atoms with Crippen LogP contribution in [0, 0.1) is 17.9 Å². The van der Waals surface area contributed by atoms with Gasteiger partial charge in [-0.15, -0.1) is 0 Å². The Morgan fingerprint density at radius 2 is 2.00 bits per heavy atom. The van der Waals surface area contributed by atoms with Crippen molar-refractivity contribution in [2.75, 3.05) is 11.9 Å². The van der Waals surface area contributed by atoms with Crippen LogP contribution in [0.3, 0.4) is 0 Å². The van der Waals surface area contributed by atoms with Crippen molar-refractivity contribution in [3.05, 3.63) is 35.7 Å². The number of azo groups is 1. The highest BCUT2D eigenvalue weighted by atomic mass is 16.1. The number of nitriles is 1. The monoisotopic (exact) mass is 325 g/mol. The van der Waals surface area contributed by atoms with Crippen LogP contribution in [0.5, 0.6) is 0 Å². The Bertz CT molecular complexity index is 596. The highest BCUT2D eigenvalue weighted by Crippen LogP contribution is 2.17. The van der Waals surface area contributed by atoms with Crippen LogP contribution < -0.4 is 5.32 Å². The molecule has 0 aliphatic heterocycles. The van der Waals surface area contributed by atoms with Gasteiger partial charge < -0.3 is 5.32 Å². The molecule has 0 fully saturated rings. The van der Waals surface area contributed by atoms with Crippen LogP contribution in [-0.2, 0) is 4.79 Å². The molecule has 1 aromatic rings. The van der Waals surface area contributed by atoms with E-state index in [9.17, 15) is 4.79 Å². The fourth-order valence-electron chi connectivity index (χ4n) is 2.03. The molecule has 6 heteroatoms. The van der Waals surface area contributed by atoms with Crippen molar-refractivity contribution in [2.24, 2.45) is 10.2 Å². The van der Waals surface area contributed by atoms with Gasteiger partial charge in [0.15, 0.2) is 6.07 Å². The molecule has 0 bridgehead atoms. The lowest BCUT2D eigenvalue weighted by Crippen LogP contribution is -2.10. The van der Waals surface area contributed by atoms with E-state index in [1.807, 2.05) is 6.07 Å². The average molecular weight is 325 g/mol. The molecule has 0 aliphatic rings. The Balaban J connectivity index is 2.36. The second-order valence-corrected chi connectivity index (χ2v) is 5.46. The van der Waals surface area contributed by atoms with E-state index in [1.165, 1.54) is 19.3 Å². The molecule has 1 atom stereocenters. The molecule has 1 unspecified atom stereocenters. The Morgan fingerprint density at radius 1 is 1.29 bits per heavy atom. The van der Waals surface area contributed by atoms with E-state index in [4.69, 9.17) is 11.8 Å². The van der Waals surface area contributed by atoms with E-state index in [0.29, 0.717) is 12.1 Å². The molecular weight excluding hydrogens is 302 g/mol. The van der Waals surface area contributed by atoms with Crippen LogP contribution in [-0.4, -0.2) is 18.5 Å². The van der Waals surface area contributed by atoms with Crippen LogP contribution in [0.4, 0.5) is 11.4 Å². The van der Waals surface area contributed by atoms with Crippen LogP contribution >= 0.6 is 0 Å². The Labute approximate surface area is 143 Å². The lowest BCUT2D eigenvalue weighted by Gasteiger charge is -2.05. The first kappa shape index (κ1) is 19.3. The SMILES string of the molecule is [C-]#[N+]C(C#N)CN=Nc1ccc(NC(=O)CCCCCCC)cc1. The number of carbonyl (C=O) groups excluding carboxylic acids is 1. The van der Waals surface area contributed by atoms with Gasteiger partial charge >= 0.3 is 6.04 Å². The number of anilines is 1. The molecule has 0 saturated carbocycles. The Morgan fingerprint density at radius 3 is 2.62 bits per heavy atom. The number of carbonyl (C=O) groups is 1. The number of rotatable bonds is 10. The third-order valence-corrected chi connectivity index (χ3v) is 3.40. The molecule has 1 rings (SSSR count). The van der Waals surface area contributed by atoms with Gasteiger partial charge in [0.05, 0.1) is 5.69 Å². The van der Waals surface area contributed by atoms with Crippen molar-refractivity contribution in [3.8, 4) is 6.07 Å². The number of nitrogens with one attached hydrogen (secondary N) is 1. The van der Waals surface area contributed by atoms with E-state index in [-0.39, 0.29) is 12.5 Å². The van der Waals surface area contributed by atoms with E-state index in [0.717, 1.165) is 18.5 Å².